The molecular formula is C27H47FN2. The van der Waals surface area contributed by atoms with E-state index >= 15 is 0 Å². The summed E-state index contributed by atoms with van der Waals surface area (Å²) in [6, 6.07) is 0. The number of rotatable bonds is 16. The quantitative estimate of drug-likeness (QED) is 0.198. The zero-order chi connectivity index (χ0) is 21.4. The van der Waals surface area contributed by atoms with E-state index in [-0.39, 0.29) is 5.95 Å². The summed E-state index contributed by atoms with van der Waals surface area (Å²) in [5.41, 5.74) is 0.713. The molecule has 30 heavy (non-hydrogen) atoms. The van der Waals surface area contributed by atoms with Gasteiger partial charge < -0.3 is 0 Å². The first-order valence-corrected chi connectivity index (χ1v) is 13.3. The highest BCUT2D eigenvalue weighted by molar-refractivity contribution is 5.10. The van der Waals surface area contributed by atoms with Gasteiger partial charge in [0.25, 0.3) is 0 Å². The monoisotopic (exact) mass is 418 g/mol. The third-order valence-corrected chi connectivity index (χ3v) is 7.06. The third kappa shape index (κ3) is 9.88. The molecule has 1 saturated carbocycles. The van der Waals surface area contributed by atoms with Gasteiger partial charge in [0.05, 0.1) is 0 Å². The molecule has 2 rings (SSSR count). The molecule has 1 fully saturated rings. The van der Waals surface area contributed by atoms with E-state index in [4.69, 9.17) is 0 Å². The normalized spacial score (nSPS) is 19.3. The van der Waals surface area contributed by atoms with Crippen LogP contribution in [0.2, 0.25) is 0 Å². The van der Waals surface area contributed by atoms with Gasteiger partial charge in [-0.3, -0.25) is 0 Å². The molecule has 1 aliphatic rings. The van der Waals surface area contributed by atoms with Crippen molar-refractivity contribution in [2.45, 2.75) is 142 Å². The van der Waals surface area contributed by atoms with Crippen molar-refractivity contribution in [2.75, 3.05) is 0 Å². The van der Waals surface area contributed by atoms with Gasteiger partial charge in [-0.1, -0.05) is 97.3 Å². The lowest BCUT2D eigenvalue weighted by Crippen LogP contribution is -2.16. The predicted octanol–water partition coefficient (Wildman–Crippen LogP) is 8.93. The van der Waals surface area contributed by atoms with Gasteiger partial charge in [0, 0.05) is 17.7 Å². The maximum atomic E-state index is 14.5. The highest BCUT2D eigenvalue weighted by Gasteiger charge is 2.24. The molecule has 3 heteroatoms. The molecule has 0 amide bonds. The molecule has 0 atom stereocenters. The largest absolute Gasteiger partial charge is 0.241 e. The van der Waals surface area contributed by atoms with Gasteiger partial charge in [-0.15, -0.1) is 0 Å². The highest BCUT2D eigenvalue weighted by atomic mass is 19.1. The van der Waals surface area contributed by atoms with Crippen LogP contribution in [0.15, 0.2) is 6.20 Å². The summed E-state index contributed by atoms with van der Waals surface area (Å²) in [5, 5.41) is 0. The van der Waals surface area contributed by atoms with E-state index in [0.29, 0.717) is 11.5 Å². The third-order valence-electron chi connectivity index (χ3n) is 7.06. The molecule has 172 valence electrons. The number of aryl methyl sites for hydroxylation is 1. The van der Waals surface area contributed by atoms with Crippen LogP contribution in [-0.2, 0) is 6.42 Å². The van der Waals surface area contributed by atoms with E-state index in [2.05, 4.69) is 23.8 Å². The molecule has 0 bridgehead atoms. The lowest BCUT2D eigenvalue weighted by molar-refractivity contribution is 0.294. The van der Waals surface area contributed by atoms with Crippen molar-refractivity contribution in [3.8, 4) is 0 Å². The standard InChI is InChI=1S/C27H47FN2/c1-3-5-7-9-10-11-13-15-17-25-22-29-27(30-26(25)28)24-20-18-23(19-21-24)16-14-12-8-6-4-2/h22-24H,3-21H2,1-2H3/t23-,24-. The first-order valence-electron chi connectivity index (χ1n) is 13.3. The minimum atomic E-state index is -0.263. The van der Waals surface area contributed by atoms with E-state index in [1.807, 2.05) is 0 Å². The predicted molar refractivity (Wildman–Crippen MR) is 126 cm³/mol. The molecule has 1 aromatic rings. The summed E-state index contributed by atoms with van der Waals surface area (Å²) in [4.78, 5) is 8.87. The van der Waals surface area contributed by atoms with Crippen molar-refractivity contribution in [1.29, 1.82) is 0 Å². The van der Waals surface area contributed by atoms with E-state index in [0.717, 1.165) is 37.4 Å². The lowest BCUT2D eigenvalue weighted by atomic mass is 9.79. The Balaban J connectivity index is 1.63. The molecule has 1 aromatic heterocycles. The number of nitrogens with zero attached hydrogens (tertiary/aromatic N) is 2. The Morgan fingerprint density at radius 2 is 1.33 bits per heavy atom. The van der Waals surface area contributed by atoms with Crippen molar-refractivity contribution in [1.82, 2.24) is 9.97 Å². The maximum absolute atomic E-state index is 14.5. The summed E-state index contributed by atoms with van der Waals surface area (Å²) >= 11 is 0. The Bertz CT molecular complexity index is 552. The zero-order valence-electron chi connectivity index (χ0n) is 19.9. The first-order chi connectivity index (χ1) is 14.7. The minimum Gasteiger partial charge on any atom is -0.241 e. The second-order valence-electron chi connectivity index (χ2n) is 9.69. The topological polar surface area (TPSA) is 25.8 Å². The van der Waals surface area contributed by atoms with E-state index in [9.17, 15) is 4.39 Å². The Labute approximate surface area is 185 Å². The van der Waals surface area contributed by atoms with Crippen LogP contribution in [0.25, 0.3) is 0 Å². The van der Waals surface area contributed by atoms with Crippen LogP contribution in [-0.4, -0.2) is 9.97 Å². The van der Waals surface area contributed by atoms with Gasteiger partial charge in [0.2, 0.25) is 5.95 Å². The molecule has 0 N–H and O–H groups in total. The highest BCUT2D eigenvalue weighted by Crippen LogP contribution is 2.36. The van der Waals surface area contributed by atoms with Crippen LogP contribution in [0.1, 0.15) is 147 Å². The molecular weight excluding hydrogens is 371 g/mol. The van der Waals surface area contributed by atoms with Gasteiger partial charge in [0.1, 0.15) is 5.82 Å². The number of hydrogen-bond acceptors (Lipinski definition) is 2. The van der Waals surface area contributed by atoms with E-state index < -0.39 is 0 Å². The number of hydrogen-bond donors (Lipinski definition) is 0. The van der Waals surface area contributed by atoms with Crippen molar-refractivity contribution >= 4 is 0 Å². The van der Waals surface area contributed by atoms with Crippen LogP contribution in [0.3, 0.4) is 0 Å². The average molecular weight is 419 g/mol. The second kappa shape index (κ2) is 15.8. The second-order valence-corrected chi connectivity index (χ2v) is 9.69. The Hall–Kier alpha value is -0.990. The maximum Gasteiger partial charge on any atom is 0.219 e. The summed E-state index contributed by atoms with van der Waals surface area (Å²) in [7, 11) is 0. The lowest BCUT2D eigenvalue weighted by Gasteiger charge is -2.27. The van der Waals surface area contributed by atoms with Crippen molar-refractivity contribution in [3.05, 3.63) is 23.5 Å². The molecule has 0 aromatic carbocycles. The van der Waals surface area contributed by atoms with Crippen LogP contribution in [0, 0.1) is 11.9 Å². The van der Waals surface area contributed by atoms with Gasteiger partial charge in [-0.2, -0.15) is 4.39 Å². The number of halogens is 1. The SMILES string of the molecule is CCCCCCCCCCc1cnc([C@H]2CC[C@H](CCCCCCC)CC2)nc1F. The zero-order valence-corrected chi connectivity index (χ0v) is 19.9. The minimum absolute atomic E-state index is 0.263. The van der Waals surface area contributed by atoms with E-state index in [1.54, 1.807) is 6.20 Å². The molecule has 0 unspecified atom stereocenters. The fourth-order valence-electron chi connectivity index (χ4n) is 4.96. The number of aromatic nitrogens is 2. The van der Waals surface area contributed by atoms with Gasteiger partial charge >= 0.3 is 0 Å². The Morgan fingerprint density at radius 1 is 0.767 bits per heavy atom. The molecule has 0 radical (unpaired) electrons. The summed E-state index contributed by atoms with van der Waals surface area (Å²) in [6.07, 6.45) is 25.8. The van der Waals surface area contributed by atoms with Crippen LogP contribution in [0.4, 0.5) is 4.39 Å². The van der Waals surface area contributed by atoms with Crippen LogP contribution in [0.5, 0.6) is 0 Å². The molecule has 1 heterocycles. The van der Waals surface area contributed by atoms with Crippen molar-refractivity contribution in [3.63, 3.8) is 0 Å². The molecule has 2 nitrogen and oxygen atoms in total. The first kappa shape index (κ1) is 25.3. The van der Waals surface area contributed by atoms with Gasteiger partial charge in [-0.25, -0.2) is 9.97 Å². The molecule has 1 aliphatic carbocycles. The summed E-state index contributed by atoms with van der Waals surface area (Å²) in [5.74, 6) is 1.73. The molecule has 0 aliphatic heterocycles. The number of unbranched alkanes of at least 4 members (excludes halogenated alkanes) is 11. The van der Waals surface area contributed by atoms with Gasteiger partial charge in [-0.05, 0) is 44.4 Å². The van der Waals surface area contributed by atoms with Crippen molar-refractivity contribution in [2.24, 2.45) is 5.92 Å². The Kier molecular flexibility index (Phi) is 13.3. The fraction of sp³-hybridized carbons (Fsp3) is 0.852. The average Bonchev–Trinajstić information content (AvgIpc) is 2.77. The van der Waals surface area contributed by atoms with Crippen LogP contribution < -0.4 is 0 Å². The van der Waals surface area contributed by atoms with Crippen molar-refractivity contribution < 1.29 is 4.39 Å². The molecule has 0 spiro atoms. The van der Waals surface area contributed by atoms with E-state index in [1.165, 1.54) is 96.3 Å². The van der Waals surface area contributed by atoms with Gasteiger partial charge in [0.15, 0.2) is 0 Å². The van der Waals surface area contributed by atoms with Crippen LogP contribution >= 0.6 is 0 Å². The summed E-state index contributed by atoms with van der Waals surface area (Å²) in [6.45, 7) is 4.53. The smallest absolute Gasteiger partial charge is 0.219 e. The Morgan fingerprint density at radius 3 is 1.93 bits per heavy atom. The summed E-state index contributed by atoms with van der Waals surface area (Å²) < 4.78 is 14.5. The molecule has 0 saturated heterocycles. The fourth-order valence-corrected chi connectivity index (χ4v) is 4.96.